The van der Waals surface area contributed by atoms with E-state index >= 15 is 0 Å². The van der Waals surface area contributed by atoms with Gasteiger partial charge in [-0.3, -0.25) is 14.6 Å². The van der Waals surface area contributed by atoms with Crippen LogP contribution in [0.2, 0.25) is 0 Å². The van der Waals surface area contributed by atoms with E-state index < -0.39 is 30.4 Å². The lowest BCUT2D eigenvalue weighted by Crippen LogP contribution is -2.51. The van der Waals surface area contributed by atoms with Gasteiger partial charge in [-0.15, -0.1) is 0 Å². The molecule has 5 atom stereocenters. The lowest BCUT2D eigenvalue weighted by Gasteiger charge is -2.30. The summed E-state index contributed by atoms with van der Waals surface area (Å²) >= 11 is 0. The zero-order valence-electron chi connectivity index (χ0n) is 37.3. The number of fused-ring (bicyclic) bond motifs is 5. The molecule has 2 saturated heterocycles. The van der Waals surface area contributed by atoms with Crippen molar-refractivity contribution in [2.75, 3.05) is 27.3 Å². The number of hydrogen-bond acceptors (Lipinski definition) is 10. The van der Waals surface area contributed by atoms with Crippen LogP contribution < -0.4 is 15.4 Å². The van der Waals surface area contributed by atoms with Gasteiger partial charge in [-0.2, -0.15) is 0 Å². The zero-order valence-corrected chi connectivity index (χ0v) is 37.3. The van der Waals surface area contributed by atoms with Gasteiger partial charge in [0.05, 0.1) is 55.8 Å². The Morgan fingerprint density at radius 1 is 0.738 bits per heavy atom. The molecule has 3 aliphatic heterocycles. The molecule has 2 aromatic carbocycles. The molecule has 0 saturated carbocycles. The second kappa shape index (κ2) is 17.8. The number of nitrogens with one attached hydrogen (secondary N) is 5. The van der Waals surface area contributed by atoms with Crippen LogP contribution in [0.4, 0.5) is 9.59 Å². The Balaban J connectivity index is 1.01. The molecule has 0 bridgehead atoms. The number of benzene rings is 2. The summed E-state index contributed by atoms with van der Waals surface area (Å²) < 4.78 is 16.6. The summed E-state index contributed by atoms with van der Waals surface area (Å²) in [6, 6.07) is 14.3. The van der Waals surface area contributed by atoms with E-state index in [2.05, 4.69) is 48.8 Å². The van der Waals surface area contributed by atoms with Gasteiger partial charge in [0, 0.05) is 64.2 Å². The summed E-state index contributed by atoms with van der Waals surface area (Å²) in [7, 11) is 2.57. The maximum absolute atomic E-state index is 13.8. The van der Waals surface area contributed by atoms with Crippen molar-refractivity contribution in [1.29, 1.82) is 0 Å². The normalized spacial score (nSPS) is 18.9. The second-order valence-corrected chi connectivity index (χ2v) is 17.6. The van der Waals surface area contributed by atoms with Gasteiger partial charge in [-0.05, 0) is 67.9 Å². The van der Waals surface area contributed by atoms with Gasteiger partial charge < -0.3 is 49.6 Å². The number of hydrogen-bond donors (Lipinski definition) is 5. The van der Waals surface area contributed by atoms with Crippen molar-refractivity contribution in [3.05, 3.63) is 96.1 Å². The van der Waals surface area contributed by atoms with Gasteiger partial charge >= 0.3 is 12.2 Å². The van der Waals surface area contributed by atoms with E-state index in [0.717, 1.165) is 81.5 Å². The Kier molecular flexibility index (Phi) is 11.8. The number of methoxy groups -OCH3 is 2. The third kappa shape index (κ3) is 8.15. The minimum Gasteiger partial charge on any atom is -0.480 e. The second-order valence-electron chi connectivity index (χ2n) is 17.6. The Morgan fingerprint density at radius 2 is 1.31 bits per heavy atom. The van der Waals surface area contributed by atoms with E-state index in [-0.39, 0.29) is 35.7 Å². The third-order valence-electron chi connectivity index (χ3n) is 12.9. The molecule has 17 heteroatoms. The molecule has 7 heterocycles. The highest BCUT2D eigenvalue weighted by Gasteiger charge is 2.39. The first-order valence-corrected chi connectivity index (χ1v) is 22.2. The topological polar surface area (TPSA) is 213 Å². The van der Waals surface area contributed by atoms with Gasteiger partial charge in [-0.1, -0.05) is 45.9 Å². The first-order chi connectivity index (χ1) is 31.4. The standard InChI is InChI=1S/C48H54N10O7/c1-25(2)39(55-47(61)63-5)45(59)57-18-8-11-35(57)43-50-23-33(53-43)27-14-16-32-31(20-27)38-41(52-32)30-15-13-28(21-37(30)65-42(38)29-10-7-17-49-22-29)34-24-51-44(54-34)36-12-9-19-58(36)46(60)40(26(3)4)56-48(62)64-6/h7,10,13-17,20-26,35-36,39-40,42,52H,8-9,11-12,18-19H2,1-6H3,(H,50,53)(H,51,54)(H,55,61)(H,56,62). The molecule has 17 nitrogen and oxygen atoms in total. The number of amides is 4. The Bertz CT molecular complexity index is 2740. The summed E-state index contributed by atoms with van der Waals surface area (Å²) in [5, 5.41) is 6.41. The SMILES string of the molecule is COC(=O)NC(C(=O)N1CCCC1c1ncc(-c2ccc3c(c2)OC(c2cccnc2)c2c-3[nH]c3ccc(-c4cnc(C5CCCN5C(=O)C(NC(=O)OC)C(C)C)[nH]4)cc23)[nH]1)C(C)C. The minimum atomic E-state index is -0.725. The van der Waals surface area contributed by atoms with E-state index in [0.29, 0.717) is 30.5 Å². The molecule has 338 valence electrons. The highest BCUT2D eigenvalue weighted by atomic mass is 16.5. The summed E-state index contributed by atoms with van der Waals surface area (Å²) in [5.74, 6) is 1.46. The highest BCUT2D eigenvalue weighted by Crippen LogP contribution is 2.49. The molecule has 4 aromatic heterocycles. The quantitative estimate of drug-likeness (QED) is 0.0861. The van der Waals surface area contributed by atoms with Gasteiger partial charge in [-0.25, -0.2) is 19.6 Å². The number of aromatic nitrogens is 6. The van der Waals surface area contributed by atoms with Crippen LogP contribution in [-0.2, 0) is 19.1 Å². The molecule has 4 amide bonds. The van der Waals surface area contributed by atoms with Crippen LogP contribution in [0, 0.1) is 11.8 Å². The lowest BCUT2D eigenvalue weighted by atomic mass is 9.92. The Labute approximate surface area is 376 Å². The number of carbonyl (C=O) groups excluding carboxylic acids is 4. The molecular weight excluding hydrogens is 829 g/mol. The van der Waals surface area contributed by atoms with Crippen molar-refractivity contribution in [2.45, 2.75) is 83.6 Å². The van der Waals surface area contributed by atoms with Crippen molar-refractivity contribution in [1.82, 2.24) is 50.3 Å². The molecule has 5 N–H and O–H groups in total. The number of alkyl carbamates (subject to hydrolysis) is 2. The van der Waals surface area contributed by atoms with E-state index in [4.69, 9.17) is 24.2 Å². The van der Waals surface area contributed by atoms with Crippen LogP contribution in [0.5, 0.6) is 5.75 Å². The average molecular weight is 883 g/mol. The first kappa shape index (κ1) is 43.1. The van der Waals surface area contributed by atoms with E-state index in [9.17, 15) is 19.2 Å². The summed E-state index contributed by atoms with van der Waals surface area (Å²) in [6.07, 6.45) is 8.51. The van der Waals surface area contributed by atoms with E-state index in [1.54, 1.807) is 17.3 Å². The van der Waals surface area contributed by atoms with Gasteiger partial charge in [0.1, 0.15) is 29.5 Å². The summed E-state index contributed by atoms with van der Waals surface area (Å²) in [6.45, 7) is 8.71. The molecule has 0 radical (unpaired) electrons. The van der Waals surface area contributed by atoms with E-state index in [1.807, 2.05) is 75.3 Å². The summed E-state index contributed by atoms with van der Waals surface area (Å²) in [4.78, 5) is 80.1. The molecule has 3 aliphatic rings. The first-order valence-electron chi connectivity index (χ1n) is 22.2. The van der Waals surface area contributed by atoms with Crippen LogP contribution in [0.1, 0.15) is 94.3 Å². The molecule has 6 aromatic rings. The predicted octanol–water partition coefficient (Wildman–Crippen LogP) is 7.58. The molecule has 0 spiro atoms. The number of aromatic amines is 3. The number of likely N-dealkylation sites (tertiary alicyclic amines) is 2. The number of pyridine rings is 1. The van der Waals surface area contributed by atoms with Crippen molar-refractivity contribution < 1.29 is 33.4 Å². The Hall–Kier alpha value is -7.17. The van der Waals surface area contributed by atoms with Crippen LogP contribution >= 0.6 is 0 Å². The molecule has 2 fully saturated rings. The smallest absolute Gasteiger partial charge is 0.407 e. The van der Waals surface area contributed by atoms with Gasteiger partial charge in [0.15, 0.2) is 6.10 Å². The molecule has 0 aliphatic carbocycles. The summed E-state index contributed by atoms with van der Waals surface area (Å²) in [5.41, 5.74) is 8.04. The van der Waals surface area contributed by atoms with Crippen LogP contribution in [0.3, 0.4) is 0 Å². The average Bonchev–Trinajstić information content (AvgIpc) is 4.18. The van der Waals surface area contributed by atoms with Crippen LogP contribution in [-0.4, -0.2) is 103 Å². The minimum absolute atomic E-state index is 0.136. The van der Waals surface area contributed by atoms with Gasteiger partial charge in [0.2, 0.25) is 11.8 Å². The van der Waals surface area contributed by atoms with Gasteiger partial charge in [0.25, 0.3) is 0 Å². The molecule has 65 heavy (non-hydrogen) atoms. The van der Waals surface area contributed by atoms with Crippen LogP contribution in [0.25, 0.3) is 44.7 Å². The molecule has 5 unspecified atom stereocenters. The fourth-order valence-corrected chi connectivity index (χ4v) is 9.50. The van der Waals surface area contributed by atoms with Crippen molar-refractivity contribution >= 4 is 34.9 Å². The van der Waals surface area contributed by atoms with Crippen molar-refractivity contribution in [3.63, 3.8) is 0 Å². The van der Waals surface area contributed by atoms with Crippen molar-refractivity contribution in [3.8, 4) is 39.5 Å². The number of nitrogens with zero attached hydrogens (tertiary/aromatic N) is 5. The number of rotatable bonds is 11. The molecule has 9 rings (SSSR count). The number of carbonyl (C=O) groups is 4. The monoisotopic (exact) mass is 882 g/mol. The number of imidazole rings is 2. The van der Waals surface area contributed by atoms with Crippen LogP contribution in [0.15, 0.2) is 73.3 Å². The maximum Gasteiger partial charge on any atom is 0.407 e. The maximum atomic E-state index is 13.8. The predicted molar refractivity (Wildman–Crippen MR) is 241 cm³/mol. The fourth-order valence-electron chi connectivity index (χ4n) is 9.50. The number of ether oxygens (including phenoxy) is 3. The fraction of sp³-hybridized carbons (Fsp3) is 0.396. The Morgan fingerprint density at radius 3 is 1.85 bits per heavy atom. The highest BCUT2D eigenvalue weighted by molar-refractivity contribution is 5.96. The lowest BCUT2D eigenvalue weighted by molar-refractivity contribution is -0.136. The molecular formula is C48H54N10O7. The van der Waals surface area contributed by atoms with Crippen molar-refractivity contribution in [2.24, 2.45) is 11.8 Å². The van der Waals surface area contributed by atoms with E-state index in [1.165, 1.54) is 14.2 Å². The third-order valence-corrected chi connectivity index (χ3v) is 12.9. The number of H-pyrrole nitrogens is 3. The largest absolute Gasteiger partial charge is 0.480 e. The zero-order chi connectivity index (χ0) is 45.5.